The van der Waals surface area contributed by atoms with Crippen LogP contribution >= 0.6 is 11.6 Å². The molecule has 10 heteroatoms. The third kappa shape index (κ3) is 4.91. The molecule has 1 saturated carbocycles. The number of amides is 3. The molecule has 1 aromatic heterocycles. The van der Waals surface area contributed by atoms with Crippen LogP contribution in [0.15, 0.2) is 54.9 Å². The highest BCUT2D eigenvalue weighted by Gasteiger charge is 2.53. The van der Waals surface area contributed by atoms with Crippen molar-refractivity contribution in [1.29, 1.82) is 0 Å². The number of methoxy groups -OCH3 is 1. The van der Waals surface area contributed by atoms with Gasteiger partial charge in [-0.25, -0.2) is 4.98 Å². The van der Waals surface area contributed by atoms with Crippen LogP contribution in [0.2, 0.25) is 5.02 Å². The molecule has 2 N–H and O–H groups in total. The number of benzene rings is 2. The van der Waals surface area contributed by atoms with E-state index in [0.717, 1.165) is 29.7 Å². The van der Waals surface area contributed by atoms with E-state index in [1.807, 2.05) is 30.3 Å². The number of hydrogen-bond donors (Lipinski definition) is 2. The van der Waals surface area contributed by atoms with Gasteiger partial charge in [0.25, 0.3) is 11.8 Å². The molecule has 0 bridgehead atoms. The number of hydrogen-bond acceptors (Lipinski definition) is 5. The molecule has 0 unspecified atom stereocenters. The van der Waals surface area contributed by atoms with Gasteiger partial charge in [-0.05, 0) is 55.2 Å². The van der Waals surface area contributed by atoms with Crippen molar-refractivity contribution < 1.29 is 19.1 Å². The van der Waals surface area contributed by atoms with Crippen molar-refractivity contribution in [3.63, 3.8) is 0 Å². The fourth-order valence-electron chi connectivity index (χ4n) is 4.75. The minimum absolute atomic E-state index is 0.0461. The number of aromatic nitrogens is 2. The molecule has 1 aliphatic carbocycles. The summed E-state index contributed by atoms with van der Waals surface area (Å²) < 4.78 is 6.80. The monoisotopic (exact) mass is 521 g/mol. The number of nitrogens with one attached hydrogen (secondary N) is 2. The second kappa shape index (κ2) is 9.89. The van der Waals surface area contributed by atoms with Crippen molar-refractivity contribution in [3.8, 4) is 5.75 Å². The van der Waals surface area contributed by atoms with Crippen LogP contribution in [0.25, 0.3) is 0 Å². The number of carbonyl (C=O) groups excluding carboxylic acids is 3. The van der Waals surface area contributed by atoms with E-state index in [9.17, 15) is 14.4 Å². The molecule has 2 aromatic carbocycles. The van der Waals surface area contributed by atoms with Gasteiger partial charge in [-0.3, -0.25) is 14.4 Å². The van der Waals surface area contributed by atoms with E-state index in [1.165, 1.54) is 6.33 Å². The van der Waals surface area contributed by atoms with E-state index in [4.69, 9.17) is 16.3 Å². The van der Waals surface area contributed by atoms with E-state index in [0.29, 0.717) is 11.6 Å². The molecular weight excluding hydrogens is 494 g/mol. The molecule has 1 fully saturated rings. The molecule has 0 radical (unpaired) electrons. The molecule has 3 aromatic rings. The van der Waals surface area contributed by atoms with Crippen molar-refractivity contribution >= 4 is 29.3 Å². The van der Waals surface area contributed by atoms with Gasteiger partial charge in [-0.15, -0.1) is 0 Å². The summed E-state index contributed by atoms with van der Waals surface area (Å²) in [5.41, 5.74) is 0.891. The van der Waals surface area contributed by atoms with Gasteiger partial charge in [0.1, 0.15) is 17.0 Å². The molecule has 37 heavy (non-hydrogen) atoms. The van der Waals surface area contributed by atoms with Gasteiger partial charge < -0.3 is 24.8 Å². The van der Waals surface area contributed by atoms with Gasteiger partial charge in [0.05, 0.1) is 20.0 Å². The van der Waals surface area contributed by atoms with Crippen LogP contribution in [0, 0.1) is 0 Å². The number of ether oxygens (including phenoxy) is 1. The fraction of sp³-hybridized carbons (Fsp3) is 0.333. The average molecular weight is 522 g/mol. The summed E-state index contributed by atoms with van der Waals surface area (Å²) in [7, 11) is 1.60. The zero-order chi connectivity index (χ0) is 26.2. The summed E-state index contributed by atoms with van der Waals surface area (Å²) >= 11 is 6.03. The van der Waals surface area contributed by atoms with Crippen LogP contribution in [-0.2, 0) is 24.4 Å². The smallest absolute Gasteiger partial charge is 0.274 e. The van der Waals surface area contributed by atoms with Crippen LogP contribution in [0.3, 0.4) is 0 Å². The van der Waals surface area contributed by atoms with Crippen molar-refractivity contribution in [3.05, 3.63) is 82.4 Å². The Morgan fingerprint density at radius 3 is 2.51 bits per heavy atom. The van der Waals surface area contributed by atoms with Crippen LogP contribution in [0.1, 0.15) is 51.9 Å². The Balaban J connectivity index is 1.34. The van der Waals surface area contributed by atoms with Gasteiger partial charge in [-0.2, -0.15) is 0 Å². The zero-order valence-corrected chi connectivity index (χ0v) is 21.4. The molecule has 3 amide bonds. The number of imidazole rings is 1. The lowest BCUT2D eigenvalue weighted by atomic mass is 9.93. The third-order valence-electron chi connectivity index (χ3n) is 6.84. The molecule has 2 aliphatic rings. The highest BCUT2D eigenvalue weighted by atomic mass is 35.5. The lowest BCUT2D eigenvalue weighted by Gasteiger charge is -2.44. The van der Waals surface area contributed by atoms with E-state index in [-0.39, 0.29) is 42.3 Å². The summed E-state index contributed by atoms with van der Waals surface area (Å²) in [5.74, 6) is -0.332. The highest BCUT2D eigenvalue weighted by Crippen LogP contribution is 2.38. The van der Waals surface area contributed by atoms with Gasteiger partial charge in [0, 0.05) is 24.2 Å². The summed E-state index contributed by atoms with van der Waals surface area (Å²) in [4.78, 5) is 46.1. The Kier molecular flexibility index (Phi) is 6.64. The highest BCUT2D eigenvalue weighted by molar-refractivity contribution is 6.30. The fourth-order valence-corrected chi connectivity index (χ4v) is 4.96. The molecule has 9 nitrogen and oxygen atoms in total. The third-order valence-corrected chi connectivity index (χ3v) is 7.07. The molecule has 0 saturated heterocycles. The van der Waals surface area contributed by atoms with Crippen molar-refractivity contribution in [1.82, 2.24) is 25.1 Å². The standard InChI is InChI=1S/C27H28ClN5O4/c1-27(26(36)30-13-17-6-10-21(37-2)11-7-17)15-32-16-31-22(23(32)25(35)33(27)20-8-9-20)24(34)29-14-18-4-3-5-19(28)12-18/h3-7,10-12,16,20H,8-9,13-15H2,1-2H3,(H,29,34)(H,30,36)/t27-/m0/s1. The molecule has 5 rings (SSSR count). The van der Waals surface area contributed by atoms with E-state index in [1.54, 1.807) is 41.7 Å². The Hall–Kier alpha value is -3.85. The first kappa shape index (κ1) is 24.8. The van der Waals surface area contributed by atoms with E-state index < -0.39 is 11.4 Å². The molecule has 0 spiro atoms. The largest absolute Gasteiger partial charge is 0.497 e. The first-order valence-electron chi connectivity index (χ1n) is 12.1. The molecule has 2 heterocycles. The topological polar surface area (TPSA) is 106 Å². The van der Waals surface area contributed by atoms with Crippen LogP contribution < -0.4 is 15.4 Å². The van der Waals surface area contributed by atoms with Crippen LogP contribution in [0.5, 0.6) is 5.75 Å². The van der Waals surface area contributed by atoms with Gasteiger partial charge >= 0.3 is 0 Å². The number of nitrogens with zero attached hydrogens (tertiary/aromatic N) is 3. The first-order valence-corrected chi connectivity index (χ1v) is 12.5. The lowest BCUT2D eigenvalue weighted by Crippen LogP contribution is -2.64. The maximum absolute atomic E-state index is 13.7. The van der Waals surface area contributed by atoms with Gasteiger partial charge in [0.2, 0.25) is 5.91 Å². The SMILES string of the molecule is COc1ccc(CNC(=O)[C@]2(C)Cn3cnc(C(=O)NCc4cccc(Cl)c4)c3C(=O)N2C2CC2)cc1. The van der Waals surface area contributed by atoms with Crippen molar-refractivity contribution in [2.24, 2.45) is 0 Å². The zero-order valence-electron chi connectivity index (χ0n) is 20.7. The van der Waals surface area contributed by atoms with Gasteiger partial charge in [0.15, 0.2) is 5.69 Å². The number of halogens is 1. The Bertz CT molecular complexity index is 1350. The first-order chi connectivity index (χ1) is 17.8. The summed E-state index contributed by atoms with van der Waals surface area (Å²) in [5, 5.41) is 6.38. The Morgan fingerprint density at radius 2 is 1.84 bits per heavy atom. The normalized spacial score (nSPS) is 18.8. The summed E-state index contributed by atoms with van der Waals surface area (Å²) in [6.45, 7) is 2.54. The number of rotatable bonds is 8. The van der Waals surface area contributed by atoms with Crippen LogP contribution in [0.4, 0.5) is 0 Å². The van der Waals surface area contributed by atoms with Gasteiger partial charge in [-0.1, -0.05) is 35.9 Å². The summed E-state index contributed by atoms with van der Waals surface area (Å²) in [6, 6.07) is 14.6. The second-order valence-electron chi connectivity index (χ2n) is 9.59. The molecule has 1 aliphatic heterocycles. The Labute approximate surface area is 219 Å². The number of fused-ring (bicyclic) bond motifs is 1. The maximum atomic E-state index is 13.7. The van der Waals surface area contributed by atoms with E-state index in [2.05, 4.69) is 15.6 Å². The quantitative estimate of drug-likeness (QED) is 0.473. The van der Waals surface area contributed by atoms with Crippen LogP contribution in [-0.4, -0.2) is 50.9 Å². The van der Waals surface area contributed by atoms with E-state index >= 15 is 0 Å². The second-order valence-corrected chi connectivity index (χ2v) is 10.0. The van der Waals surface area contributed by atoms with Crippen molar-refractivity contribution in [2.45, 2.75) is 51.0 Å². The minimum atomic E-state index is -1.12. The lowest BCUT2D eigenvalue weighted by molar-refractivity contribution is -0.133. The molecular formula is C27H28ClN5O4. The molecule has 192 valence electrons. The minimum Gasteiger partial charge on any atom is -0.497 e. The molecule has 1 atom stereocenters. The predicted molar refractivity (Wildman–Crippen MR) is 137 cm³/mol. The summed E-state index contributed by atoms with van der Waals surface area (Å²) in [6.07, 6.45) is 3.09. The maximum Gasteiger partial charge on any atom is 0.274 e. The predicted octanol–water partition coefficient (Wildman–Crippen LogP) is 3.17. The Morgan fingerprint density at radius 1 is 1.11 bits per heavy atom. The van der Waals surface area contributed by atoms with Crippen molar-refractivity contribution in [2.75, 3.05) is 7.11 Å². The average Bonchev–Trinajstić information content (AvgIpc) is 3.63. The number of carbonyl (C=O) groups is 3.